The first kappa shape index (κ1) is 61.6. The number of aromatic nitrogens is 4. The number of alkyl halides is 1. The predicted octanol–water partition coefficient (Wildman–Crippen LogP) is 7.02. The fourth-order valence-electron chi connectivity index (χ4n) is 5.09. The van der Waals surface area contributed by atoms with E-state index in [9.17, 15) is 23.3 Å². The lowest BCUT2D eigenvalue weighted by molar-refractivity contribution is 0.233. The second-order valence-corrected chi connectivity index (χ2v) is 15.2. The molecule has 0 aliphatic carbocycles. The number of benzene rings is 2. The molecule has 0 spiro atoms. The summed E-state index contributed by atoms with van der Waals surface area (Å²) in [5.41, 5.74) is 1.68. The van der Waals surface area contributed by atoms with Crippen molar-refractivity contribution in [2.45, 2.75) is 37.9 Å². The highest BCUT2D eigenvalue weighted by molar-refractivity contribution is 14.1. The number of hydrogen-bond donors (Lipinski definition) is 3. The van der Waals surface area contributed by atoms with Crippen LogP contribution in [0.5, 0.6) is 0 Å². The molecular weight excluding hydrogens is 1000 g/mol. The van der Waals surface area contributed by atoms with Crippen LogP contribution >= 0.6 is 34.2 Å². The zero-order valence-electron chi connectivity index (χ0n) is 35.7. The van der Waals surface area contributed by atoms with Crippen molar-refractivity contribution in [3.8, 4) is 77.6 Å². The minimum absolute atomic E-state index is 0. The van der Waals surface area contributed by atoms with E-state index in [-0.39, 0.29) is 47.2 Å². The smallest absolute Gasteiger partial charge is 0.252 e. The van der Waals surface area contributed by atoms with Crippen molar-refractivity contribution in [3.63, 3.8) is 0 Å². The largest absolute Gasteiger partial charge is 0.354 e. The number of nitrogens with one attached hydrogen (secondary N) is 3. The van der Waals surface area contributed by atoms with Crippen LogP contribution in [0.2, 0.25) is 5.15 Å². The summed E-state index contributed by atoms with van der Waals surface area (Å²) < 4.78 is 25.1. The van der Waals surface area contributed by atoms with E-state index in [0.29, 0.717) is 5.82 Å². The molecule has 0 amide bonds. The van der Waals surface area contributed by atoms with Gasteiger partial charge in [-0.2, -0.15) is 5.26 Å². The van der Waals surface area contributed by atoms with Crippen molar-refractivity contribution in [2.24, 2.45) is 5.18 Å². The van der Waals surface area contributed by atoms with Gasteiger partial charge in [0.25, 0.3) is 11.1 Å². The SMILES string of the molecule is C.C#CC#CC#CC#CC#CC.CC(I)(C#CC#N)N=O.F.Fc1cccc(CN2CCNCC2)c1.N#N.O=c1cc(Cl)nc[nH]1.O=c1cc(N2CCN(Cc3cccc(F)c3)CC2)nc[nH]1.[HH].[HH].[HH].[HH].[HH]. The van der Waals surface area contributed by atoms with Crippen molar-refractivity contribution in [3.05, 3.63) is 127 Å². The lowest BCUT2D eigenvalue weighted by Gasteiger charge is -2.35. The first-order valence-electron chi connectivity index (χ1n) is 19.0. The molecule has 3 N–H and O–H groups in total. The minimum Gasteiger partial charge on any atom is -0.354 e. The summed E-state index contributed by atoms with van der Waals surface area (Å²) in [5.74, 6) is 26.8. The van der Waals surface area contributed by atoms with Gasteiger partial charge in [-0.3, -0.25) is 24.1 Å². The Labute approximate surface area is 414 Å². The normalized spacial score (nSPS) is 12.5. The van der Waals surface area contributed by atoms with Crippen molar-refractivity contribution < 1.29 is 20.6 Å². The van der Waals surface area contributed by atoms with Crippen molar-refractivity contribution >= 4 is 40.0 Å². The van der Waals surface area contributed by atoms with Gasteiger partial charge in [0.1, 0.15) is 22.6 Å². The number of H-pyrrole nitrogens is 2. The van der Waals surface area contributed by atoms with Gasteiger partial charge in [-0.25, -0.2) is 18.7 Å². The molecular formula is C47H57ClF3IN12O3. The number of nitrogens with zero attached hydrogens (tertiary/aromatic N) is 9. The summed E-state index contributed by atoms with van der Waals surface area (Å²) in [6.07, 6.45) is 7.52. The maximum absolute atomic E-state index is 13.2. The maximum atomic E-state index is 13.2. The average molecular weight is 1060 g/mol. The van der Waals surface area contributed by atoms with Crippen LogP contribution in [0.15, 0.2) is 88.1 Å². The Morgan fingerprint density at radius 3 is 1.73 bits per heavy atom. The molecule has 6 rings (SSSR count). The topological polar surface area (TPSA) is 214 Å². The van der Waals surface area contributed by atoms with Gasteiger partial charge in [0.05, 0.1) is 12.7 Å². The molecule has 4 aromatic rings. The van der Waals surface area contributed by atoms with E-state index < -0.39 is 3.55 Å². The van der Waals surface area contributed by atoms with Crippen molar-refractivity contribution in [1.29, 1.82) is 16.0 Å². The summed E-state index contributed by atoms with van der Waals surface area (Å²) in [6.45, 7) is 12.4. The highest BCUT2D eigenvalue weighted by Crippen LogP contribution is 2.17. The zero-order valence-corrected chi connectivity index (χ0v) is 38.7. The number of terminal acetylenes is 1. The first-order chi connectivity index (χ1) is 31.4. The molecule has 1 atom stereocenters. The number of rotatable bonds is 6. The van der Waals surface area contributed by atoms with Gasteiger partial charge in [-0.05, 0) is 130 Å². The number of aromatic amines is 2. The fraction of sp³-hybridized carbons (Fsp3) is 0.298. The Bertz CT molecular complexity index is 2690. The van der Waals surface area contributed by atoms with Crippen LogP contribution in [0.1, 0.15) is 39.5 Å². The molecule has 0 radical (unpaired) electrons. The lowest BCUT2D eigenvalue weighted by atomic mass is 10.2. The Morgan fingerprint density at radius 2 is 1.30 bits per heavy atom. The van der Waals surface area contributed by atoms with E-state index in [1.54, 1.807) is 59.8 Å². The third-order valence-corrected chi connectivity index (χ3v) is 8.57. The van der Waals surface area contributed by atoms with Gasteiger partial charge in [0.2, 0.25) is 3.55 Å². The molecule has 20 heteroatoms. The first-order valence-corrected chi connectivity index (χ1v) is 20.5. The highest BCUT2D eigenvalue weighted by atomic mass is 127. The molecule has 4 heterocycles. The van der Waals surface area contributed by atoms with Crippen LogP contribution in [0.3, 0.4) is 0 Å². The third-order valence-electron chi connectivity index (χ3n) is 7.90. The summed E-state index contributed by atoms with van der Waals surface area (Å²) in [7, 11) is 0. The Balaban J connectivity index is -0.000000148. The Hall–Kier alpha value is -7.44. The van der Waals surface area contributed by atoms with Gasteiger partial charge < -0.3 is 20.2 Å². The molecule has 15 nitrogen and oxygen atoms in total. The number of anilines is 1. The van der Waals surface area contributed by atoms with E-state index in [0.717, 1.165) is 76.6 Å². The van der Waals surface area contributed by atoms with Crippen LogP contribution in [0.4, 0.5) is 19.3 Å². The van der Waals surface area contributed by atoms with Gasteiger partial charge >= 0.3 is 0 Å². The van der Waals surface area contributed by atoms with Crippen LogP contribution in [-0.4, -0.2) is 85.6 Å². The molecule has 2 aliphatic heterocycles. The molecule has 1 unspecified atom stereocenters. The fourth-order valence-corrected chi connectivity index (χ4v) is 5.37. The van der Waals surface area contributed by atoms with Gasteiger partial charge in [-0.15, -0.1) is 11.3 Å². The van der Waals surface area contributed by atoms with Gasteiger partial charge in [-0.1, -0.05) is 49.2 Å². The zero-order chi connectivity index (χ0) is 48.1. The average Bonchev–Trinajstić information content (AvgIpc) is 3.30. The number of nitroso groups, excluding NO2 is 1. The second-order valence-electron chi connectivity index (χ2n) is 12.7. The van der Waals surface area contributed by atoms with Crippen LogP contribution in [-0.2, 0) is 13.1 Å². The maximum Gasteiger partial charge on any atom is 0.252 e. The Morgan fingerprint density at radius 1 is 0.806 bits per heavy atom. The molecule has 0 bridgehead atoms. The second kappa shape index (κ2) is 37.9. The van der Waals surface area contributed by atoms with E-state index in [2.05, 4.69) is 110 Å². The standard InChI is InChI=1S/C15H17FN4O.C11H15FN2.C11H4.C5H3IN2O.C4H3ClN2O.CH4.FH.N2.5H2/c16-13-3-1-2-12(8-13)10-19-4-6-20(7-5-19)14-9-15(21)18-11-17-14;12-11-3-1-2-10(8-11)9-14-6-4-13-5-7-14;1-3-5-7-9-11-10-8-6-4-2;1-5(6,8-9)3-2-4-7;5-3-1-4(8)7-2-6-3;;;1-2;;;;;/h1-3,8-9,11H,4-7,10H2,(H,17,18,21);1-3,8,13H,4-7,9H2;1H,2H3;1H3;1-2H,(H,6,7,8);1H4;1H;;5*1H. The third kappa shape index (κ3) is 30.4. The van der Waals surface area contributed by atoms with E-state index in [1.807, 2.05) is 12.1 Å². The summed E-state index contributed by atoms with van der Waals surface area (Å²) >= 11 is 7.07. The van der Waals surface area contributed by atoms with Crippen molar-refractivity contribution in [2.75, 3.05) is 57.3 Å². The molecule has 2 aromatic carbocycles. The number of piperazine rings is 2. The van der Waals surface area contributed by atoms with Crippen LogP contribution in [0.25, 0.3) is 0 Å². The van der Waals surface area contributed by atoms with E-state index in [4.69, 9.17) is 34.1 Å². The molecule has 358 valence electrons. The minimum atomic E-state index is -0.951. The number of nitriles is 1. The van der Waals surface area contributed by atoms with Crippen LogP contribution < -0.4 is 21.3 Å². The van der Waals surface area contributed by atoms with Crippen molar-refractivity contribution in [1.82, 2.24) is 35.1 Å². The molecule has 67 heavy (non-hydrogen) atoms. The summed E-state index contributed by atoms with van der Waals surface area (Å²) in [4.78, 5) is 50.8. The van der Waals surface area contributed by atoms with Crippen LogP contribution in [0, 0.1) is 110 Å². The molecule has 2 fully saturated rings. The predicted molar refractivity (Wildman–Crippen MR) is 274 cm³/mol. The lowest BCUT2D eigenvalue weighted by Crippen LogP contribution is -2.46. The summed E-state index contributed by atoms with van der Waals surface area (Å²) in [6, 6.07) is 17.9. The number of halogens is 5. The van der Waals surface area contributed by atoms with Gasteiger partial charge in [0, 0.05) is 101 Å². The number of hydrogen-bond acceptors (Lipinski definition) is 13. The molecule has 2 aliphatic rings. The van der Waals surface area contributed by atoms with E-state index >= 15 is 0 Å². The molecule has 0 saturated carbocycles. The molecule has 2 saturated heterocycles. The Kier molecular flexibility index (Phi) is 34.9. The monoisotopic (exact) mass is 1060 g/mol. The van der Waals surface area contributed by atoms with E-state index in [1.165, 1.54) is 43.8 Å². The molecule has 2 aromatic heterocycles. The van der Waals surface area contributed by atoms with Gasteiger partial charge in [0.15, 0.2) is 6.07 Å². The highest BCUT2D eigenvalue weighted by Gasteiger charge is 2.18. The quantitative estimate of drug-likeness (QED) is 0.0338. The summed E-state index contributed by atoms with van der Waals surface area (Å²) in [5, 5.41) is 26.1.